The molecular weight excluding hydrogens is 192 g/mol. The zero-order valence-electron chi connectivity index (χ0n) is 8.40. The van der Waals surface area contributed by atoms with Crippen LogP contribution >= 0.6 is 0 Å². The Labute approximate surface area is 87.3 Å². The van der Waals surface area contributed by atoms with Crippen molar-refractivity contribution < 1.29 is 9.63 Å². The van der Waals surface area contributed by atoms with Crippen molar-refractivity contribution in [1.82, 2.24) is 5.16 Å². The predicted molar refractivity (Wildman–Crippen MR) is 56.2 cm³/mol. The zero-order valence-corrected chi connectivity index (χ0v) is 8.40. The summed E-state index contributed by atoms with van der Waals surface area (Å²) >= 11 is 0. The third kappa shape index (κ3) is 1.71. The Kier molecular flexibility index (Phi) is 2.43. The summed E-state index contributed by atoms with van der Waals surface area (Å²) in [5.74, 6) is 0.829. The van der Waals surface area contributed by atoms with Crippen LogP contribution in [0, 0.1) is 6.92 Å². The lowest BCUT2D eigenvalue weighted by Gasteiger charge is -1.99. The van der Waals surface area contributed by atoms with Crippen LogP contribution in [-0.4, -0.2) is 10.3 Å². The molecule has 2 aromatic rings. The quantitative estimate of drug-likeness (QED) is 0.782. The maximum absolute atomic E-state index is 9.35. The molecule has 0 amide bonds. The lowest BCUT2D eigenvalue weighted by molar-refractivity contribution is 0.426. The van der Waals surface area contributed by atoms with Gasteiger partial charge in [0.1, 0.15) is 5.75 Å². The van der Waals surface area contributed by atoms with Crippen LogP contribution in [0.1, 0.15) is 11.3 Å². The summed E-state index contributed by atoms with van der Waals surface area (Å²) in [4.78, 5) is 0. The first-order valence-electron chi connectivity index (χ1n) is 4.67. The van der Waals surface area contributed by atoms with Crippen molar-refractivity contribution in [3.05, 3.63) is 35.5 Å². The van der Waals surface area contributed by atoms with Crippen molar-refractivity contribution in [3.63, 3.8) is 0 Å². The van der Waals surface area contributed by atoms with Crippen LogP contribution < -0.4 is 5.73 Å². The number of nitrogens with zero attached hydrogens (tertiary/aromatic N) is 1. The summed E-state index contributed by atoms with van der Waals surface area (Å²) in [6.07, 6.45) is 0. The van der Waals surface area contributed by atoms with Gasteiger partial charge < -0.3 is 15.4 Å². The molecule has 0 aliphatic heterocycles. The van der Waals surface area contributed by atoms with E-state index in [2.05, 4.69) is 5.16 Å². The Morgan fingerprint density at radius 2 is 2.27 bits per heavy atom. The first-order chi connectivity index (χ1) is 7.22. The summed E-state index contributed by atoms with van der Waals surface area (Å²) < 4.78 is 5.19. The average Bonchev–Trinajstić information content (AvgIpc) is 2.59. The Balaban J connectivity index is 2.54. The molecule has 0 radical (unpaired) electrons. The van der Waals surface area contributed by atoms with Crippen LogP contribution in [-0.2, 0) is 6.54 Å². The second-order valence-corrected chi connectivity index (χ2v) is 3.33. The molecule has 2 rings (SSSR count). The van der Waals surface area contributed by atoms with Gasteiger partial charge in [0.2, 0.25) is 0 Å². The van der Waals surface area contributed by atoms with E-state index in [4.69, 9.17) is 10.3 Å². The minimum Gasteiger partial charge on any atom is -0.508 e. The Bertz CT molecular complexity index is 477. The van der Waals surface area contributed by atoms with E-state index in [1.54, 1.807) is 18.2 Å². The molecule has 0 atom stereocenters. The predicted octanol–water partition coefficient (Wildman–Crippen LogP) is 1.81. The van der Waals surface area contributed by atoms with E-state index in [0.717, 1.165) is 16.8 Å². The highest BCUT2D eigenvalue weighted by atomic mass is 16.5. The number of benzene rings is 1. The molecule has 1 heterocycles. The van der Waals surface area contributed by atoms with Gasteiger partial charge in [-0.2, -0.15) is 0 Å². The van der Waals surface area contributed by atoms with E-state index in [-0.39, 0.29) is 5.75 Å². The molecule has 4 nitrogen and oxygen atoms in total. The van der Waals surface area contributed by atoms with Gasteiger partial charge in [-0.15, -0.1) is 0 Å². The van der Waals surface area contributed by atoms with Gasteiger partial charge in [-0.3, -0.25) is 0 Å². The van der Waals surface area contributed by atoms with Crippen LogP contribution in [0.3, 0.4) is 0 Å². The molecule has 0 aliphatic rings. The third-order valence-electron chi connectivity index (χ3n) is 2.30. The fraction of sp³-hybridized carbons (Fsp3) is 0.182. The standard InChI is InChI=1S/C11H12N2O2/c1-7-10(6-12)11(15-13-7)8-3-2-4-9(14)5-8/h2-5,14H,6,12H2,1H3. The van der Waals surface area contributed by atoms with Crippen molar-refractivity contribution in [1.29, 1.82) is 0 Å². The Morgan fingerprint density at radius 3 is 2.93 bits per heavy atom. The molecular formula is C11H12N2O2. The van der Waals surface area contributed by atoms with E-state index in [1.807, 2.05) is 13.0 Å². The minimum absolute atomic E-state index is 0.199. The van der Waals surface area contributed by atoms with Crippen LogP contribution in [0.2, 0.25) is 0 Å². The van der Waals surface area contributed by atoms with Gasteiger partial charge >= 0.3 is 0 Å². The van der Waals surface area contributed by atoms with Crippen LogP contribution in [0.15, 0.2) is 28.8 Å². The smallest absolute Gasteiger partial charge is 0.171 e. The lowest BCUT2D eigenvalue weighted by atomic mass is 10.1. The molecule has 3 N–H and O–H groups in total. The molecule has 78 valence electrons. The summed E-state index contributed by atoms with van der Waals surface area (Å²) in [7, 11) is 0. The van der Waals surface area contributed by atoms with Crippen molar-refractivity contribution in [2.45, 2.75) is 13.5 Å². The van der Waals surface area contributed by atoms with Gasteiger partial charge in [0.25, 0.3) is 0 Å². The fourth-order valence-corrected chi connectivity index (χ4v) is 1.50. The summed E-state index contributed by atoms with van der Waals surface area (Å²) in [5.41, 5.74) is 8.06. The number of aromatic hydroxyl groups is 1. The lowest BCUT2D eigenvalue weighted by Crippen LogP contribution is -1.98. The van der Waals surface area contributed by atoms with E-state index in [1.165, 1.54) is 0 Å². The summed E-state index contributed by atoms with van der Waals surface area (Å²) in [5, 5.41) is 13.2. The monoisotopic (exact) mass is 204 g/mol. The summed E-state index contributed by atoms with van der Waals surface area (Å²) in [6, 6.07) is 6.83. The number of hydrogen-bond donors (Lipinski definition) is 2. The van der Waals surface area contributed by atoms with E-state index in [0.29, 0.717) is 12.3 Å². The zero-order chi connectivity index (χ0) is 10.8. The van der Waals surface area contributed by atoms with E-state index < -0.39 is 0 Å². The SMILES string of the molecule is Cc1noc(-c2cccc(O)c2)c1CN. The molecule has 1 aromatic carbocycles. The van der Waals surface area contributed by atoms with E-state index in [9.17, 15) is 5.11 Å². The number of nitrogens with two attached hydrogens (primary N) is 1. The molecule has 0 saturated heterocycles. The topological polar surface area (TPSA) is 72.3 Å². The van der Waals surface area contributed by atoms with Crippen LogP contribution in [0.4, 0.5) is 0 Å². The highest BCUT2D eigenvalue weighted by molar-refractivity contribution is 5.63. The van der Waals surface area contributed by atoms with Crippen molar-refractivity contribution in [2.24, 2.45) is 5.73 Å². The Morgan fingerprint density at radius 1 is 1.47 bits per heavy atom. The fourth-order valence-electron chi connectivity index (χ4n) is 1.50. The van der Waals surface area contributed by atoms with Crippen LogP contribution in [0.25, 0.3) is 11.3 Å². The molecule has 4 heteroatoms. The molecule has 0 bridgehead atoms. The Hall–Kier alpha value is -1.81. The number of phenols is 1. The molecule has 0 spiro atoms. The molecule has 0 fully saturated rings. The highest BCUT2D eigenvalue weighted by Crippen LogP contribution is 2.27. The maximum atomic E-state index is 9.35. The number of rotatable bonds is 2. The van der Waals surface area contributed by atoms with Gasteiger partial charge in [-0.25, -0.2) is 0 Å². The first kappa shape index (κ1) is 9.73. The summed E-state index contributed by atoms with van der Waals surface area (Å²) in [6.45, 7) is 2.22. The van der Waals surface area contributed by atoms with Crippen LogP contribution in [0.5, 0.6) is 5.75 Å². The van der Waals surface area contributed by atoms with Crippen molar-refractivity contribution in [3.8, 4) is 17.1 Å². The molecule has 1 aromatic heterocycles. The van der Waals surface area contributed by atoms with Crippen molar-refractivity contribution >= 4 is 0 Å². The minimum atomic E-state index is 0.199. The number of phenolic OH excluding ortho intramolecular Hbond substituents is 1. The van der Waals surface area contributed by atoms with Gasteiger partial charge in [0.05, 0.1) is 5.69 Å². The number of aromatic nitrogens is 1. The maximum Gasteiger partial charge on any atom is 0.171 e. The van der Waals surface area contributed by atoms with Gasteiger partial charge in [-0.1, -0.05) is 17.3 Å². The number of hydrogen-bond acceptors (Lipinski definition) is 4. The second-order valence-electron chi connectivity index (χ2n) is 3.33. The normalized spacial score (nSPS) is 10.5. The second kappa shape index (κ2) is 3.74. The molecule has 0 saturated carbocycles. The molecule has 0 unspecified atom stereocenters. The van der Waals surface area contributed by atoms with Gasteiger partial charge in [-0.05, 0) is 19.1 Å². The average molecular weight is 204 g/mol. The molecule has 15 heavy (non-hydrogen) atoms. The first-order valence-corrected chi connectivity index (χ1v) is 4.67. The van der Waals surface area contributed by atoms with Crippen molar-refractivity contribution in [2.75, 3.05) is 0 Å². The van der Waals surface area contributed by atoms with E-state index >= 15 is 0 Å². The highest BCUT2D eigenvalue weighted by Gasteiger charge is 2.13. The largest absolute Gasteiger partial charge is 0.508 e. The number of aryl methyl sites for hydroxylation is 1. The van der Waals surface area contributed by atoms with Gasteiger partial charge in [0.15, 0.2) is 5.76 Å². The third-order valence-corrected chi connectivity index (χ3v) is 2.30. The molecule has 0 aliphatic carbocycles. The van der Waals surface area contributed by atoms with Gasteiger partial charge in [0, 0.05) is 17.7 Å².